The molecule has 0 radical (unpaired) electrons. The second-order valence-electron chi connectivity index (χ2n) is 4.51. The number of halogens is 3. The topological polar surface area (TPSA) is 58.9 Å². The first-order valence-corrected chi connectivity index (χ1v) is 5.79. The van der Waals surface area contributed by atoms with Crippen LogP contribution in [0.4, 0.5) is 13.2 Å². The molecule has 3 aromatic rings. The molecule has 0 atom stereocenters. The molecule has 6 heteroatoms. The Kier molecular flexibility index (Phi) is 2.50. The maximum atomic E-state index is 12.7. The van der Waals surface area contributed by atoms with Gasteiger partial charge in [-0.25, -0.2) is 0 Å². The zero-order chi connectivity index (χ0) is 14.5. The second-order valence-corrected chi connectivity index (χ2v) is 4.51. The summed E-state index contributed by atoms with van der Waals surface area (Å²) in [6, 6.07) is 8.26. The number of primary amides is 1. The Bertz CT molecular complexity index is 833. The summed E-state index contributed by atoms with van der Waals surface area (Å²) in [5.41, 5.74) is 5.72. The van der Waals surface area contributed by atoms with Gasteiger partial charge in [0.05, 0.1) is 5.56 Å². The lowest BCUT2D eigenvalue weighted by molar-refractivity contribution is -0.137. The molecule has 0 unspecified atom stereocenters. The Labute approximate surface area is 111 Å². The van der Waals surface area contributed by atoms with Crippen LogP contribution >= 0.6 is 0 Å². The molecule has 20 heavy (non-hydrogen) atoms. The predicted molar refractivity (Wildman–Crippen MR) is 69.3 cm³/mol. The molecule has 0 spiro atoms. The molecule has 0 aliphatic heterocycles. The van der Waals surface area contributed by atoms with Gasteiger partial charge in [-0.05, 0) is 24.3 Å². The van der Waals surface area contributed by atoms with Gasteiger partial charge in [0.1, 0.15) is 0 Å². The van der Waals surface area contributed by atoms with Crippen molar-refractivity contribution in [2.24, 2.45) is 5.73 Å². The minimum Gasteiger partial charge on any atom is -0.366 e. The van der Waals surface area contributed by atoms with E-state index in [0.29, 0.717) is 22.0 Å². The average Bonchev–Trinajstić information content (AvgIpc) is 2.73. The van der Waals surface area contributed by atoms with Gasteiger partial charge in [-0.1, -0.05) is 12.1 Å². The molecule has 102 valence electrons. The highest BCUT2D eigenvalue weighted by molar-refractivity contribution is 6.09. The third kappa shape index (κ3) is 1.89. The number of nitrogens with one attached hydrogen (secondary N) is 1. The fraction of sp³-hybridized carbons (Fsp3) is 0.0714. The molecule has 3 rings (SSSR count). The lowest BCUT2D eigenvalue weighted by atomic mass is 10.1. The Balaban J connectivity index is 2.27. The van der Waals surface area contributed by atoms with Crippen LogP contribution in [-0.2, 0) is 6.18 Å². The Morgan fingerprint density at radius 3 is 2.20 bits per heavy atom. The molecule has 0 bridgehead atoms. The number of nitrogens with two attached hydrogens (primary N) is 1. The molecule has 1 heterocycles. The molecule has 0 fully saturated rings. The number of aromatic nitrogens is 1. The molecule has 3 nitrogen and oxygen atoms in total. The van der Waals surface area contributed by atoms with Crippen molar-refractivity contribution >= 4 is 27.7 Å². The SMILES string of the molecule is NC(=O)c1ccc2c(c1)[nH]c1cc(C(F)(F)F)ccc12. The molecular weight excluding hydrogens is 269 g/mol. The highest BCUT2D eigenvalue weighted by Gasteiger charge is 2.30. The molecular formula is C14H9F3N2O. The third-order valence-corrected chi connectivity index (χ3v) is 3.21. The van der Waals surface area contributed by atoms with E-state index in [-0.39, 0.29) is 0 Å². The number of fused-ring (bicyclic) bond motifs is 3. The number of H-pyrrole nitrogens is 1. The van der Waals surface area contributed by atoms with Crippen molar-refractivity contribution < 1.29 is 18.0 Å². The summed E-state index contributed by atoms with van der Waals surface area (Å²) in [4.78, 5) is 14.0. The smallest absolute Gasteiger partial charge is 0.366 e. The molecule has 0 saturated heterocycles. The zero-order valence-electron chi connectivity index (χ0n) is 10.1. The number of hydrogen-bond donors (Lipinski definition) is 2. The van der Waals surface area contributed by atoms with Gasteiger partial charge in [0.25, 0.3) is 0 Å². The summed E-state index contributed by atoms with van der Waals surface area (Å²) < 4.78 is 38.0. The summed E-state index contributed by atoms with van der Waals surface area (Å²) in [6.45, 7) is 0. The predicted octanol–water partition coefficient (Wildman–Crippen LogP) is 3.44. The van der Waals surface area contributed by atoms with Crippen LogP contribution in [0.3, 0.4) is 0 Å². The van der Waals surface area contributed by atoms with Crippen LogP contribution in [0.1, 0.15) is 15.9 Å². The number of hydrogen-bond acceptors (Lipinski definition) is 1. The standard InChI is InChI=1S/C14H9F3N2O/c15-14(16,17)8-2-4-10-9-3-1-7(13(18)20)5-11(9)19-12(10)6-8/h1-6,19H,(H2,18,20). The van der Waals surface area contributed by atoms with Crippen LogP contribution in [0.25, 0.3) is 21.8 Å². The van der Waals surface area contributed by atoms with E-state index >= 15 is 0 Å². The van der Waals surface area contributed by atoms with Crippen LogP contribution in [0.15, 0.2) is 36.4 Å². The Morgan fingerprint density at radius 1 is 1.00 bits per heavy atom. The maximum absolute atomic E-state index is 12.7. The van der Waals surface area contributed by atoms with Gasteiger partial charge >= 0.3 is 6.18 Å². The van der Waals surface area contributed by atoms with E-state index in [2.05, 4.69) is 4.98 Å². The van der Waals surface area contributed by atoms with Crippen LogP contribution in [-0.4, -0.2) is 10.9 Å². The van der Waals surface area contributed by atoms with Crippen molar-refractivity contribution in [3.05, 3.63) is 47.5 Å². The summed E-state index contributed by atoms with van der Waals surface area (Å²) >= 11 is 0. The largest absolute Gasteiger partial charge is 0.416 e. The summed E-state index contributed by atoms with van der Waals surface area (Å²) in [6.07, 6.45) is -4.39. The van der Waals surface area contributed by atoms with Crippen LogP contribution < -0.4 is 5.73 Å². The van der Waals surface area contributed by atoms with Gasteiger partial charge in [0, 0.05) is 27.4 Å². The van der Waals surface area contributed by atoms with Crippen molar-refractivity contribution in [1.29, 1.82) is 0 Å². The number of amides is 1. The van der Waals surface area contributed by atoms with Crippen molar-refractivity contribution in [3.8, 4) is 0 Å². The van der Waals surface area contributed by atoms with Gasteiger partial charge in [-0.15, -0.1) is 0 Å². The number of carbonyl (C=O) groups excluding carboxylic acids is 1. The Hall–Kier alpha value is -2.50. The van der Waals surface area contributed by atoms with Crippen molar-refractivity contribution in [2.45, 2.75) is 6.18 Å². The van der Waals surface area contributed by atoms with Gasteiger partial charge in [-0.2, -0.15) is 13.2 Å². The Morgan fingerprint density at radius 2 is 1.60 bits per heavy atom. The first kappa shape index (κ1) is 12.5. The lowest BCUT2D eigenvalue weighted by Gasteiger charge is -2.05. The summed E-state index contributed by atoms with van der Waals surface area (Å²) in [7, 11) is 0. The van der Waals surface area contributed by atoms with E-state index < -0.39 is 17.6 Å². The van der Waals surface area contributed by atoms with Crippen LogP contribution in [0, 0.1) is 0 Å². The number of aromatic amines is 1. The first-order chi connectivity index (χ1) is 9.36. The highest BCUT2D eigenvalue weighted by Crippen LogP contribution is 2.33. The zero-order valence-corrected chi connectivity index (χ0v) is 10.1. The fourth-order valence-electron chi connectivity index (χ4n) is 2.24. The summed E-state index contributed by atoms with van der Waals surface area (Å²) in [5.74, 6) is -0.582. The minimum absolute atomic E-state index is 0.306. The van der Waals surface area contributed by atoms with Gasteiger partial charge < -0.3 is 10.7 Å². The quantitative estimate of drug-likeness (QED) is 0.703. The molecule has 1 aromatic heterocycles. The molecule has 0 aliphatic rings. The molecule has 2 aromatic carbocycles. The highest BCUT2D eigenvalue weighted by atomic mass is 19.4. The van der Waals surface area contributed by atoms with Gasteiger partial charge in [-0.3, -0.25) is 4.79 Å². The normalized spacial score (nSPS) is 12.2. The van der Waals surface area contributed by atoms with E-state index in [0.717, 1.165) is 17.5 Å². The van der Waals surface area contributed by atoms with Gasteiger partial charge in [0.15, 0.2) is 0 Å². The van der Waals surface area contributed by atoms with Crippen molar-refractivity contribution in [2.75, 3.05) is 0 Å². The monoisotopic (exact) mass is 278 g/mol. The van der Waals surface area contributed by atoms with Crippen molar-refractivity contribution in [3.63, 3.8) is 0 Å². The van der Waals surface area contributed by atoms with E-state index in [1.54, 1.807) is 12.1 Å². The van der Waals surface area contributed by atoms with Crippen molar-refractivity contribution in [1.82, 2.24) is 4.98 Å². The third-order valence-electron chi connectivity index (χ3n) is 3.21. The van der Waals surface area contributed by atoms with Crippen LogP contribution in [0.2, 0.25) is 0 Å². The molecule has 0 saturated carbocycles. The van der Waals surface area contributed by atoms with E-state index in [1.807, 2.05) is 0 Å². The number of carbonyl (C=O) groups is 1. The van der Waals surface area contributed by atoms with E-state index in [1.165, 1.54) is 12.1 Å². The molecule has 0 aliphatic carbocycles. The van der Waals surface area contributed by atoms with E-state index in [4.69, 9.17) is 5.73 Å². The minimum atomic E-state index is -4.39. The number of alkyl halides is 3. The second kappa shape index (κ2) is 4.00. The van der Waals surface area contributed by atoms with Crippen LogP contribution in [0.5, 0.6) is 0 Å². The maximum Gasteiger partial charge on any atom is 0.416 e. The average molecular weight is 278 g/mol. The van der Waals surface area contributed by atoms with E-state index in [9.17, 15) is 18.0 Å². The number of rotatable bonds is 1. The summed E-state index contributed by atoms with van der Waals surface area (Å²) in [5, 5.41) is 1.42. The molecule has 1 amide bonds. The fourth-order valence-corrected chi connectivity index (χ4v) is 2.24. The number of benzene rings is 2. The lowest BCUT2D eigenvalue weighted by Crippen LogP contribution is -2.10. The molecule has 3 N–H and O–H groups in total. The first-order valence-electron chi connectivity index (χ1n) is 5.79. The van der Waals surface area contributed by atoms with Gasteiger partial charge in [0.2, 0.25) is 5.91 Å².